The lowest BCUT2D eigenvalue weighted by Crippen LogP contribution is -2.13. The number of hydrogen-bond acceptors (Lipinski definition) is 7. The smallest absolute Gasteiger partial charge is 0.277 e. The van der Waals surface area contributed by atoms with Gasteiger partial charge in [-0.2, -0.15) is 0 Å². The van der Waals surface area contributed by atoms with Gasteiger partial charge in [0.25, 0.3) is 10.9 Å². The summed E-state index contributed by atoms with van der Waals surface area (Å²) in [5, 5.41) is 21.6. The van der Waals surface area contributed by atoms with Crippen LogP contribution < -0.4 is 5.32 Å². The summed E-state index contributed by atoms with van der Waals surface area (Å²) in [5.41, 5.74) is 2.92. The van der Waals surface area contributed by atoms with E-state index < -0.39 is 4.92 Å². The molecule has 10 heteroatoms. The molecule has 1 N–H and O–H groups in total. The summed E-state index contributed by atoms with van der Waals surface area (Å²) in [6, 6.07) is 19.0. The Morgan fingerprint density at radius 1 is 0.938 bits per heavy atom. The van der Waals surface area contributed by atoms with Gasteiger partial charge in [-0.3, -0.25) is 14.9 Å². The molecule has 1 aromatic heterocycles. The van der Waals surface area contributed by atoms with Crippen molar-refractivity contribution in [2.45, 2.75) is 5.22 Å². The van der Waals surface area contributed by atoms with E-state index in [2.05, 4.69) is 15.5 Å². The first-order valence-corrected chi connectivity index (χ1v) is 10.3. The van der Waals surface area contributed by atoms with Gasteiger partial charge < -0.3 is 9.73 Å². The first-order valence-electron chi connectivity index (χ1n) is 9.35. The number of hydrogen-bond donors (Lipinski definition) is 1. The number of nitrogens with one attached hydrogen (secondary N) is 1. The van der Waals surface area contributed by atoms with Gasteiger partial charge >= 0.3 is 0 Å². The predicted molar refractivity (Wildman–Crippen MR) is 118 cm³/mol. The number of nitro benzene ring substituents is 1. The number of aromatic nitrogens is 2. The van der Waals surface area contributed by atoms with Crippen LogP contribution in [-0.4, -0.2) is 26.8 Å². The predicted octanol–water partition coefficient (Wildman–Crippen LogP) is 5.18. The van der Waals surface area contributed by atoms with Gasteiger partial charge in [0, 0.05) is 23.4 Å². The molecule has 1 amide bonds. The van der Waals surface area contributed by atoms with E-state index in [0.29, 0.717) is 11.3 Å². The number of anilines is 1. The van der Waals surface area contributed by atoms with Crippen molar-refractivity contribution in [2.24, 2.45) is 0 Å². The van der Waals surface area contributed by atoms with Crippen LogP contribution >= 0.6 is 11.8 Å². The van der Waals surface area contributed by atoms with Gasteiger partial charge in [0.05, 0.1) is 10.7 Å². The number of carbonyl (C=O) groups excluding carboxylic acids is 1. The minimum absolute atomic E-state index is 0.0289. The van der Waals surface area contributed by atoms with Crippen LogP contribution in [0.15, 0.2) is 82.4 Å². The highest BCUT2D eigenvalue weighted by Gasteiger charge is 2.12. The van der Waals surface area contributed by atoms with Gasteiger partial charge in [0.2, 0.25) is 11.8 Å². The van der Waals surface area contributed by atoms with E-state index in [0.717, 1.165) is 22.9 Å². The Morgan fingerprint density at radius 3 is 2.16 bits per heavy atom. The Morgan fingerprint density at radius 2 is 1.53 bits per heavy atom. The molecule has 0 bridgehead atoms. The lowest BCUT2D eigenvalue weighted by atomic mass is 10.1. The molecule has 0 aliphatic rings. The van der Waals surface area contributed by atoms with E-state index in [9.17, 15) is 19.3 Å². The third kappa shape index (κ3) is 5.16. The number of halogens is 1. The zero-order valence-corrected chi connectivity index (χ0v) is 17.2. The third-order valence-corrected chi connectivity index (χ3v) is 5.22. The van der Waals surface area contributed by atoms with Gasteiger partial charge in [0.15, 0.2) is 0 Å². The van der Waals surface area contributed by atoms with Crippen molar-refractivity contribution in [3.8, 4) is 22.6 Å². The maximum absolute atomic E-state index is 13.0. The molecular formula is C22H15FN4O4S. The number of carbonyl (C=O) groups is 1. The number of nitro groups is 1. The molecule has 0 fully saturated rings. The number of rotatable bonds is 7. The summed E-state index contributed by atoms with van der Waals surface area (Å²) in [4.78, 5) is 22.5. The molecule has 1 heterocycles. The van der Waals surface area contributed by atoms with E-state index in [1.165, 1.54) is 36.4 Å². The maximum atomic E-state index is 13.0. The molecule has 0 radical (unpaired) electrons. The molecule has 0 saturated heterocycles. The Balaban J connectivity index is 1.31. The molecule has 4 aromatic rings. The monoisotopic (exact) mass is 450 g/mol. The van der Waals surface area contributed by atoms with Crippen LogP contribution in [0, 0.1) is 15.9 Å². The summed E-state index contributed by atoms with van der Waals surface area (Å²) >= 11 is 1.09. The van der Waals surface area contributed by atoms with Crippen LogP contribution in [0.1, 0.15) is 0 Å². The van der Waals surface area contributed by atoms with E-state index in [1.807, 2.05) is 12.1 Å². The fourth-order valence-corrected chi connectivity index (χ4v) is 3.39. The van der Waals surface area contributed by atoms with Crippen molar-refractivity contribution in [1.29, 1.82) is 0 Å². The van der Waals surface area contributed by atoms with Crippen LogP contribution in [0.5, 0.6) is 0 Å². The van der Waals surface area contributed by atoms with Crippen molar-refractivity contribution < 1.29 is 18.5 Å². The maximum Gasteiger partial charge on any atom is 0.277 e. The largest absolute Gasteiger partial charge is 0.411 e. The van der Waals surface area contributed by atoms with E-state index in [4.69, 9.17) is 4.42 Å². The summed E-state index contributed by atoms with van der Waals surface area (Å²) in [5.74, 6) is -0.301. The van der Waals surface area contributed by atoms with Crippen molar-refractivity contribution in [3.63, 3.8) is 0 Å². The van der Waals surface area contributed by atoms with Crippen molar-refractivity contribution in [1.82, 2.24) is 10.2 Å². The fourth-order valence-electron chi connectivity index (χ4n) is 2.82. The molecule has 4 rings (SSSR count). The number of nitrogens with zero attached hydrogens (tertiary/aromatic N) is 3. The number of benzene rings is 3. The molecule has 0 aliphatic heterocycles. The van der Waals surface area contributed by atoms with Crippen molar-refractivity contribution >= 4 is 29.0 Å². The Bertz CT molecular complexity index is 1240. The van der Waals surface area contributed by atoms with E-state index >= 15 is 0 Å². The van der Waals surface area contributed by atoms with Gasteiger partial charge in [-0.1, -0.05) is 23.9 Å². The molecule has 160 valence electrons. The molecular weight excluding hydrogens is 435 g/mol. The summed E-state index contributed by atoms with van der Waals surface area (Å²) in [6.07, 6.45) is 0. The highest BCUT2D eigenvalue weighted by Crippen LogP contribution is 2.25. The van der Waals surface area contributed by atoms with Crippen LogP contribution in [0.3, 0.4) is 0 Å². The van der Waals surface area contributed by atoms with E-state index in [1.54, 1.807) is 24.3 Å². The molecule has 0 spiro atoms. The van der Waals surface area contributed by atoms with Crippen LogP contribution in [0.4, 0.5) is 15.8 Å². The van der Waals surface area contributed by atoms with Gasteiger partial charge in [-0.15, -0.1) is 10.2 Å². The Kier molecular flexibility index (Phi) is 6.22. The zero-order valence-electron chi connectivity index (χ0n) is 16.4. The number of thioether (sulfide) groups is 1. The molecule has 3 aromatic carbocycles. The average molecular weight is 450 g/mol. The Labute approximate surface area is 185 Å². The lowest BCUT2D eigenvalue weighted by molar-refractivity contribution is -0.384. The number of non-ortho nitro benzene ring substituents is 1. The second kappa shape index (κ2) is 9.40. The summed E-state index contributed by atoms with van der Waals surface area (Å²) in [6.45, 7) is 0. The quantitative estimate of drug-likeness (QED) is 0.234. The van der Waals surface area contributed by atoms with Gasteiger partial charge in [-0.25, -0.2) is 4.39 Å². The zero-order chi connectivity index (χ0) is 22.5. The van der Waals surface area contributed by atoms with Crippen molar-refractivity contribution in [3.05, 3.63) is 88.7 Å². The number of amides is 1. The van der Waals surface area contributed by atoms with Crippen LogP contribution in [-0.2, 0) is 4.79 Å². The highest BCUT2D eigenvalue weighted by atomic mass is 32.2. The summed E-state index contributed by atoms with van der Waals surface area (Å²) in [7, 11) is 0. The topological polar surface area (TPSA) is 111 Å². The average Bonchev–Trinajstić information content (AvgIpc) is 3.28. The molecule has 8 nitrogen and oxygen atoms in total. The molecule has 0 saturated carbocycles. The van der Waals surface area contributed by atoms with E-state index in [-0.39, 0.29) is 34.3 Å². The third-order valence-electron chi connectivity index (χ3n) is 4.40. The van der Waals surface area contributed by atoms with Crippen LogP contribution in [0.2, 0.25) is 0 Å². The molecule has 0 atom stereocenters. The fraction of sp³-hybridized carbons (Fsp3) is 0.0455. The SMILES string of the molecule is O=C(CSc1nnc(-c2ccc(F)cc2)o1)Nc1ccc(-c2ccc([N+](=O)[O-])cc2)cc1. The normalized spacial score (nSPS) is 10.7. The van der Waals surface area contributed by atoms with Crippen LogP contribution in [0.25, 0.3) is 22.6 Å². The first-order chi connectivity index (χ1) is 15.5. The minimum Gasteiger partial charge on any atom is -0.411 e. The summed E-state index contributed by atoms with van der Waals surface area (Å²) < 4.78 is 18.5. The minimum atomic E-state index is -0.446. The second-order valence-corrected chi connectivity index (χ2v) is 7.52. The standard InChI is InChI=1S/C22H15FN4O4S/c23-17-7-1-16(2-8-17)21-25-26-22(31-21)32-13-20(28)24-18-9-3-14(4-10-18)15-5-11-19(12-6-15)27(29)30/h1-12H,13H2,(H,24,28). The lowest BCUT2D eigenvalue weighted by Gasteiger charge is -2.06. The second-order valence-electron chi connectivity index (χ2n) is 6.60. The Hall–Kier alpha value is -4.05. The molecule has 0 aliphatic carbocycles. The first kappa shape index (κ1) is 21.2. The molecule has 0 unspecified atom stereocenters. The van der Waals surface area contributed by atoms with Gasteiger partial charge in [0.1, 0.15) is 5.82 Å². The molecule has 32 heavy (non-hydrogen) atoms. The highest BCUT2D eigenvalue weighted by molar-refractivity contribution is 7.99. The van der Waals surface area contributed by atoms with Crippen molar-refractivity contribution in [2.75, 3.05) is 11.1 Å². The van der Waals surface area contributed by atoms with Gasteiger partial charge in [-0.05, 0) is 59.7 Å².